The van der Waals surface area contributed by atoms with Crippen molar-refractivity contribution in [3.8, 4) is 5.75 Å². The molecule has 1 aliphatic heterocycles. The van der Waals surface area contributed by atoms with Crippen LogP contribution in [0.25, 0.3) is 6.08 Å². The number of halogens is 3. The summed E-state index contributed by atoms with van der Waals surface area (Å²) in [6, 6.07) is 10.1. The van der Waals surface area contributed by atoms with E-state index in [-0.39, 0.29) is 24.5 Å². The third-order valence-corrected chi connectivity index (χ3v) is 3.49. The highest BCUT2D eigenvalue weighted by Crippen LogP contribution is 2.27. The quantitative estimate of drug-likeness (QED) is 0.855. The summed E-state index contributed by atoms with van der Waals surface area (Å²) in [5.41, 5.74) is 0.835. The van der Waals surface area contributed by atoms with Crippen LogP contribution < -0.4 is 4.74 Å². The normalized spacial score (nSPS) is 13.7. The minimum Gasteiger partial charge on any atom is -0.488 e. The molecule has 1 amide bonds. The molecule has 0 spiro atoms. The fraction of sp³-hybridized carbons (Fsp3) is 0.235. The van der Waals surface area contributed by atoms with Crippen LogP contribution in [-0.2, 0) is 11.3 Å². The van der Waals surface area contributed by atoms with Crippen molar-refractivity contribution in [2.24, 2.45) is 0 Å². The first-order valence-electron chi connectivity index (χ1n) is 7.23. The zero-order chi connectivity index (χ0) is 17.2. The van der Waals surface area contributed by atoms with Crippen molar-refractivity contribution < 1.29 is 27.1 Å². The predicted molar refractivity (Wildman–Crippen MR) is 80.1 cm³/mol. The number of hydrogen-bond acceptors (Lipinski definition) is 3. The molecule has 0 aliphatic carbocycles. The SMILES string of the molecule is O=C(C1=Cc2ccccc2OC1)N(Cc1ccco1)CC(F)(F)F. The summed E-state index contributed by atoms with van der Waals surface area (Å²) in [6.45, 7) is -1.68. The van der Waals surface area contributed by atoms with Crippen molar-refractivity contribution in [2.75, 3.05) is 13.2 Å². The lowest BCUT2D eigenvalue weighted by molar-refractivity contribution is -0.160. The number of ether oxygens (including phenoxy) is 1. The molecule has 24 heavy (non-hydrogen) atoms. The Balaban J connectivity index is 1.84. The van der Waals surface area contributed by atoms with Gasteiger partial charge in [0.15, 0.2) is 0 Å². The second-order valence-electron chi connectivity index (χ2n) is 5.35. The van der Waals surface area contributed by atoms with Crippen molar-refractivity contribution in [1.82, 2.24) is 4.90 Å². The number of fused-ring (bicyclic) bond motifs is 1. The Morgan fingerprint density at radius 3 is 2.67 bits per heavy atom. The van der Waals surface area contributed by atoms with Gasteiger partial charge in [-0.3, -0.25) is 4.79 Å². The average Bonchev–Trinajstić information content (AvgIpc) is 3.05. The van der Waals surface area contributed by atoms with Gasteiger partial charge in [-0.15, -0.1) is 0 Å². The van der Waals surface area contributed by atoms with Crippen LogP contribution in [0.4, 0.5) is 13.2 Å². The molecule has 1 aromatic heterocycles. The third kappa shape index (κ3) is 3.79. The number of rotatable bonds is 4. The number of nitrogens with zero attached hydrogens (tertiary/aromatic N) is 1. The largest absolute Gasteiger partial charge is 0.488 e. The summed E-state index contributed by atoms with van der Waals surface area (Å²) in [7, 11) is 0. The van der Waals surface area contributed by atoms with E-state index in [1.165, 1.54) is 12.3 Å². The summed E-state index contributed by atoms with van der Waals surface area (Å²) >= 11 is 0. The van der Waals surface area contributed by atoms with E-state index in [2.05, 4.69) is 0 Å². The predicted octanol–water partition coefficient (Wildman–Crippen LogP) is 3.65. The maximum absolute atomic E-state index is 12.8. The van der Waals surface area contributed by atoms with Crippen LogP contribution in [0.5, 0.6) is 5.75 Å². The molecule has 0 radical (unpaired) electrons. The highest BCUT2D eigenvalue weighted by molar-refractivity contribution is 5.99. The minimum absolute atomic E-state index is 0.0671. The monoisotopic (exact) mass is 337 g/mol. The molecule has 2 aromatic rings. The van der Waals surface area contributed by atoms with Gasteiger partial charge in [-0.25, -0.2) is 0 Å². The summed E-state index contributed by atoms with van der Waals surface area (Å²) in [6.07, 6.45) is -1.59. The van der Waals surface area contributed by atoms with Gasteiger partial charge in [0.25, 0.3) is 5.91 Å². The van der Waals surface area contributed by atoms with Crippen LogP contribution in [0.15, 0.2) is 52.7 Å². The molecule has 1 aromatic carbocycles. The topological polar surface area (TPSA) is 42.7 Å². The number of para-hydroxylation sites is 1. The number of carbonyl (C=O) groups excluding carboxylic acids is 1. The molecule has 0 atom stereocenters. The van der Waals surface area contributed by atoms with Crippen LogP contribution in [-0.4, -0.2) is 30.1 Å². The summed E-state index contributed by atoms with van der Waals surface area (Å²) in [4.78, 5) is 13.3. The first-order chi connectivity index (χ1) is 11.4. The van der Waals surface area contributed by atoms with E-state index < -0.39 is 18.6 Å². The molecule has 0 fully saturated rings. The minimum atomic E-state index is -4.50. The van der Waals surface area contributed by atoms with Gasteiger partial charge in [0.05, 0.1) is 18.4 Å². The van der Waals surface area contributed by atoms with Crippen LogP contribution in [0.3, 0.4) is 0 Å². The molecule has 126 valence electrons. The second kappa shape index (κ2) is 6.43. The molecule has 0 saturated carbocycles. The molecular formula is C17H14F3NO3. The van der Waals surface area contributed by atoms with Gasteiger partial charge in [0.2, 0.25) is 0 Å². The van der Waals surface area contributed by atoms with Gasteiger partial charge in [0.1, 0.15) is 24.7 Å². The molecule has 4 nitrogen and oxygen atoms in total. The van der Waals surface area contributed by atoms with Crippen molar-refractivity contribution >= 4 is 12.0 Å². The number of alkyl halides is 3. The first kappa shape index (κ1) is 16.2. The maximum Gasteiger partial charge on any atom is 0.406 e. The number of hydrogen-bond donors (Lipinski definition) is 0. The lowest BCUT2D eigenvalue weighted by atomic mass is 10.1. The van der Waals surface area contributed by atoms with Crippen molar-refractivity contribution in [3.05, 3.63) is 59.6 Å². The molecule has 0 saturated heterocycles. The molecule has 7 heteroatoms. The van der Waals surface area contributed by atoms with Crippen LogP contribution in [0.2, 0.25) is 0 Å². The Hall–Kier alpha value is -2.70. The Morgan fingerprint density at radius 1 is 1.17 bits per heavy atom. The van der Waals surface area contributed by atoms with Gasteiger partial charge >= 0.3 is 6.18 Å². The van der Waals surface area contributed by atoms with Gasteiger partial charge in [-0.1, -0.05) is 18.2 Å². The fourth-order valence-corrected chi connectivity index (χ4v) is 2.45. The lowest BCUT2D eigenvalue weighted by Crippen LogP contribution is -2.40. The van der Waals surface area contributed by atoms with E-state index in [0.29, 0.717) is 16.2 Å². The summed E-state index contributed by atoms with van der Waals surface area (Å²) in [5, 5.41) is 0. The Kier molecular flexibility index (Phi) is 4.33. The van der Waals surface area contributed by atoms with Gasteiger partial charge < -0.3 is 14.1 Å². The molecule has 1 aliphatic rings. The molecule has 2 heterocycles. The van der Waals surface area contributed by atoms with E-state index in [0.717, 1.165) is 0 Å². The zero-order valence-electron chi connectivity index (χ0n) is 12.5. The van der Waals surface area contributed by atoms with Crippen molar-refractivity contribution in [3.63, 3.8) is 0 Å². The highest BCUT2D eigenvalue weighted by atomic mass is 19.4. The second-order valence-corrected chi connectivity index (χ2v) is 5.35. The standard InChI is InChI=1S/C17H14F3NO3/c18-17(19,20)11-21(9-14-5-3-7-23-14)16(22)13-8-12-4-1-2-6-15(12)24-10-13/h1-8H,9-11H2. The molecule has 0 unspecified atom stereocenters. The maximum atomic E-state index is 12.8. The van der Waals surface area contributed by atoms with Gasteiger partial charge in [0, 0.05) is 5.56 Å². The first-order valence-corrected chi connectivity index (χ1v) is 7.23. The summed E-state index contributed by atoms with van der Waals surface area (Å²) < 4.78 is 49.0. The van der Waals surface area contributed by atoms with Crippen molar-refractivity contribution in [1.29, 1.82) is 0 Å². The molecular weight excluding hydrogens is 323 g/mol. The summed E-state index contributed by atoms with van der Waals surface area (Å²) in [5.74, 6) is 0.158. The molecule has 3 rings (SSSR count). The van der Waals surface area contributed by atoms with E-state index in [1.807, 2.05) is 0 Å². The smallest absolute Gasteiger partial charge is 0.406 e. The van der Waals surface area contributed by atoms with Gasteiger partial charge in [-0.2, -0.15) is 13.2 Å². The number of furan rings is 1. The van der Waals surface area contributed by atoms with E-state index in [4.69, 9.17) is 9.15 Å². The fourth-order valence-electron chi connectivity index (χ4n) is 2.45. The Bertz CT molecular complexity index is 751. The number of carbonyl (C=O) groups is 1. The van der Waals surface area contributed by atoms with Gasteiger partial charge in [-0.05, 0) is 24.3 Å². The highest BCUT2D eigenvalue weighted by Gasteiger charge is 2.35. The third-order valence-electron chi connectivity index (χ3n) is 3.49. The Morgan fingerprint density at radius 2 is 1.96 bits per heavy atom. The van der Waals surface area contributed by atoms with E-state index in [9.17, 15) is 18.0 Å². The number of amides is 1. The average molecular weight is 337 g/mol. The van der Waals surface area contributed by atoms with E-state index in [1.54, 1.807) is 36.4 Å². The lowest BCUT2D eigenvalue weighted by Gasteiger charge is -2.26. The molecule has 0 N–H and O–H groups in total. The number of benzene rings is 1. The van der Waals surface area contributed by atoms with Crippen LogP contribution in [0.1, 0.15) is 11.3 Å². The molecule has 0 bridgehead atoms. The van der Waals surface area contributed by atoms with E-state index >= 15 is 0 Å². The van der Waals surface area contributed by atoms with Crippen molar-refractivity contribution in [2.45, 2.75) is 12.7 Å². The van der Waals surface area contributed by atoms with Crippen LogP contribution in [0, 0.1) is 0 Å². The van der Waals surface area contributed by atoms with Crippen LogP contribution >= 0.6 is 0 Å². The Labute approximate surface area is 136 Å². The zero-order valence-corrected chi connectivity index (χ0v) is 12.5.